The minimum absolute atomic E-state index is 0.0892. The van der Waals surface area contributed by atoms with Crippen molar-refractivity contribution in [2.24, 2.45) is 7.05 Å². The van der Waals surface area contributed by atoms with Gasteiger partial charge in [-0.05, 0) is 57.3 Å². The van der Waals surface area contributed by atoms with Crippen LogP contribution in [0.4, 0.5) is 0 Å². The number of likely N-dealkylation sites (tertiary alicyclic amines) is 1. The van der Waals surface area contributed by atoms with Crippen LogP contribution in [0.5, 0.6) is 0 Å². The van der Waals surface area contributed by atoms with Gasteiger partial charge in [-0.3, -0.25) is 9.69 Å². The molecule has 0 aromatic carbocycles. The Morgan fingerprint density at radius 3 is 2.71 bits per heavy atom. The fourth-order valence-electron chi connectivity index (χ4n) is 3.73. The minimum Gasteiger partial charge on any atom is -0.389 e. The molecule has 116 valence electrons. The van der Waals surface area contributed by atoms with Gasteiger partial charge in [-0.2, -0.15) is 0 Å². The number of carbonyl (C=O) groups is 1. The molecule has 2 fully saturated rings. The van der Waals surface area contributed by atoms with Crippen LogP contribution in [0.3, 0.4) is 0 Å². The topological polar surface area (TPSA) is 57.5 Å². The fourth-order valence-corrected chi connectivity index (χ4v) is 3.73. The Morgan fingerprint density at radius 1 is 1.29 bits per heavy atom. The van der Waals surface area contributed by atoms with Gasteiger partial charge in [-0.15, -0.1) is 0 Å². The van der Waals surface area contributed by atoms with E-state index in [-0.39, 0.29) is 18.0 Å². The molecule has 0 bridgehead atoms. The summed E-state index contributed by atoms with van der Waals surface area (Å²) in [4.78, 5) is 14.7. The van der Waals surface area contributed by atoms with E-state index in [9.17, 15) is 9.90 Å². The molecule has 1 aliphatic carbocycles. The van der Waals surface area contributed by atoms with Crippen molar-refractivity contribution in [3.63, 3.8) is 0 Å². The van der Waals surface area contributed by atoms with Crippen molar-refractivity contribution in [3.8, 4) is 0 Å². The molecule has 3 atom stereocenters. The number of hydrogen-bond donors (Lipinski definition) is 2. The average molecular weight is 291 g/mol. The third kappa shape index (κ3) is 2.99. The molecule has 5 heteroatoms. The molecule has 3 rings (SSSR count). The van der Waals surface area contributed by atoms with Crippen LogP contribution in [0.1, 0.15) is 42.6 Å². The third-order valence-corrected chi connectivity index (χ3v) is 4.92. The summed E-state index contributed by atoms with van der Waals surface area (Å²) >= 11 is 0. The zero-order chi connectivity index (χ0) is 14.8. The number of aliphatic hydroxyl groups excluding tert-OH is 1. The van der Waals surface area contributed by atoms with Gasteiger partial charge in [0.05, 0.1) is 12.1 Å². The predicted molar refractivity (Wildman–Crippen MR) is 81.1 cm³/mol. The maximum atomic E-state index is 12.3. The van der Waals surface area contributed by atoms with E-state index >= 15 is 0 Å². The van der Waals surface area contributed by atoms with Gasteiger partial charge in [0.25, 0.3) is 5.91 Å². The first-order valence-corrected chi connectivity index (χ1v) is 8.01. The highest BCUT2D eigenvalue weighted by Crippen LogP contribution is 2.26. The Balaban J connectivity index is 1.64. The largest absolute Gasteiger partial charge is 0.389 e. The van der Waals surface area contributed by atoms with Gasteiger partial charge in [0.1, 0.15) is 5.69 Å². The van der Waals surface area contributed by atoms with Gasteiger partial charge in [-0.25, -0.2) is 0 Å². The number of aryl methyl sites for hydroxylation is 1. The van der Waals surface area contributed by atoms with Crippen LogP contribution >= 0.6 is 0 Å². The average Bonchev–Trinajstić information content (AvgIpc) is 3.12. The monoisotopic (exact) mass is 291 g/mol. The molecule has 2 aliphatic rings. The molecular formula is C16H25N3O2. The van der Waals surface area contributed by atoms with Crippen LogP contribution in [0.15, 0.2) is 18.3 Å². The Kier molecular flexibility index (Phi) is 4.31. The predicted octanol–water partition coefficient (Wildman–Crippen LogP) is 1.13. The van der Waals surface area contributed by atoms with Crippen molar-refractivity contribution in [2.75, 3.05) is 13.1 Å². The van der Waals surface area contributed by atoms with E-state index in [1.807, 2.05) is 29.9 Å². The Bertz CT molecular complexity index is 493. The summed E-state index contributed by atoms with van der Waals surface area (Å²) in [5.41, 5.74) is 0.644. The Labute approximate surface area is 125 Å². The molecule has 1 saturated heterocycles. The Morgan fingerprint density at radius 2 is 2.05 bits per heavy atom. The maximum Gasteiger partial charge on any atom is 0.268 e. The molecule has 2 N–H and O–H groups in total. The molecule has 0 spiro atoms. The second-order valence-corrected chi connectivity index (χ2v) is 6.32. The first-order chi connectivity index (χ1) is 10.2. The summed E-state index contributed by atoms with van der Waals surface area (Å²) < 4.78 is 1.81. The normalized spacial score (nSPS) is 30.5. The summed E-state index contributed by atoms with van der Waals surface area (Å²) in [6.45, 7) is 2.17. The maximum absolute atomic E-state index is 12.3. The number of carbonyl (C=O) groups excluding carboxylic acids is 1. The third-order valence-electron chi connectivity index (χ3n) is 4.92. The molecule has 0 radical (unpaired) electrons. The lowest BCUT2D eigenvalue weighted by Crippen LogP contribution is -2.56. The number of aliphatic hydroxyl groups is 1. The van der Waals surface area contributed by atoms with Gasteiger partial charge in [0.15, 0.2) is 0 Å². The van der Waals surface area contributed by atoms with Gasteiger partial charge >= 0.3 is 0 Å². The van der Waals surface area contributed by atoms with E-state index < -0.39 is 6.10 Å². The van der Waals surface area contributed by atoms with E-state index in [0.29, 0.717) is 5.69 Å². The van der Waals surface area contributed by atoms with Crippen LogP contribution < -0.4 is 5.32 Å². The lowest BCUT2D eigenvalue weighted by atomic mass is 9.87. The summed E-state index contributed by atoms with van der Waals surface area (Å²) in [6, 6.07) is 3.74. The Hall–Kier alpha value is -1.33. The second kappa shape index (κ2) is 6.20. The van der Waals surface area contributed by atoms with Crippen LogP contribution in [-0.2, 0) is 7.05 Å². The first kappa shape index (κ1) is 14.6. The van der Waals surface area contributed by atoms with Crippen molar-refractivity contribution in [1.29, 1.82) is 0 Å². The zero-order valence-corrected chi connectivity index (χ0v) is 12.7. The van der Waals surface area contributed by atoms with Crippen LogP contribution in [0.2, 0.25) is 0 Å². The summed E-state index contributed by atoms with van der Waals surface area (Å²) in [7, 11) is 1.86. The first-order valence-electron chi connectivity index (χ1n) is 8.01. The van der Waals surface area contributed by atoms with E-state index in [1.165, 1.54) is 12.8 Å². The standard InChI is InChI=1S/C16H25N3O2/c1-18-9-5-8-14(18)16(21)17-12-6-4-7-13(15(12)20)19-10-2-3-11-19/h5,8-9,12-13,15,20H,2-4,6-7,10-11H2,1H3,(H,17,21)/t12-,13-,15-/m1/s1. The second-order valence-electron chi connectivity index (χ2n) is 6.32. The van der Waals surface area contributed by atoms with Crippen LogP contribution in [0, 0.1) is 0 Å². The lowest BCUT2D eigenvalue weighted by Gasteiger charge is -2.40. The van der Waals surface area contributed by atoms with Gasteiger partial charge in [0, 0.05) is 19.3 Å². The molecule has 1 amide bonds. The van der Waals surface area contributed by atoms with E-state index in [1.54, 1.807) is 0 Å². The van der Waals surface area contributed by atoms with Crippen molar-refractivity contribution in [2.45, 2.75) is 50.3 Å². The van der Waals surface area contributed by atoms with E-state index in [4.69, 9.17) is 0 Å². The van der Waals surface area contributed by atoms with Crippen molar-refractivity contribution in [3.05, 3.63) is 24.0 Å². The van der Waals surface area contributed by atoms with E-state index in [0.717, 1.165) is 32.4 Å². The summed E-state index contributed by atoms with van der Waals surface area (Å²) in [5, 5.41) is 13.7. The molecular weight excluding hydrogens is 266 g/mol. The summed E-state index contributed by atoms with van der Waals surface area (Å²) in [6.07, 6.45) is 6.82. The van der Waals surface area contributed by atoms with E-state index in [2.05, 4.69) is 10.2 Å². The molecule has 1 saturated carbocycles. The molecule has 21 heavy (non-hydrogen) atoms. The van der Waals surface area contributed by atoms with Gasteiger partial charge < -0.3 is 15.0 Å². The quantitative estimate of drug-likeness (QED) is 0.878. The smallest absolute Gasteiger partial charge is 0.268 e. The SMILES string of the molecule is Cn1cccc1C(=O)N[C@@H]1CCC[C@@H](N2CCCC2)[C@@H]1O. The number of amides is 1. The minimum atomic E-state index is -0.457. The van der Waals surface area contributed by atoms with Crippen molar-refractivity contribution < 1.29 is 9.90 Å². The highest BCUT2D eigenvalue weighted by Gasteiger charge is 2.37. The number of nitrogens with zero attached hydrogens (tertiary/aromatic N) is 2. The van der Waals surface area contributed by atoms with Crippen molar-refractivity contribution in [1.82, 2.24) is 14.8 Å². The van der Waals surface area contributed by atoms with Crippen LogP contribution in [-0.4, -0.2) is 51.8 Å². The molecule has 1 aromatic rings. The van der Waals surface area contributed by atoms with Gasteiger partial charge in [-0.1, -0.05) is 0 Å². The van der Waals surface area contributed by atoms with Gasteiger partial charge in [0.2, 0.25) is 0 Å². The lowest BCUT2D eigenvalue weighted by molar-refractivity contribution is 0.00693. The zero-order valence-electron chi connectivity index (χ0n) is 12.7. The fraction of sp³-hybridized carbons (Fsp3) is 0.688. The number of hydrogen-bond acceptors (Lipinski definition) is 3. The molecule has 2 heterocycles. The highest BCUT2D eigenvalue weighted by atomic mass is 16.3. The van der Waals surface area contributed by atoms with Crippen molar-refractivity contribution >= 4 is 5.91 Å². The molecule has 1 aromatic heterocycles. The molecule has 5 nitrogen and oxygen atoms in total. The summed E-state index contributed by atoms with van der Waals surface area (Å²) in [5.74, 6) is -0.0892. The molecule has 0 unspecified atom stereocenters. The number of aromatic nitrogens is 1. The number of rotatable bonds is 3. The van der Waals surface area contributed by atoms with Crippen LogP contribution in [0.25, 0.3) is 0 Å². The highest BCUT2D eigenvalue weighted by molar-refractivity contribution is 5.92. The number of nitrogens with one attached hydrogen (secondary N) is 1. The molecule has 1 aliphatic heterocycles.